The molecule has 3 nitrogen and oxygen atoms in total. The number of aryl methyl sites for hydroxylation is 3. The van der Waals surface area contributed by atoms with Crippen molar-refractivity contribution in [3.63, 3.8) is 0 Å². The summed E-state index contributed by atoms with van der Waals surface area (Å²) in [6.07, 6.45) is 0. The first-order valence-corrected chi connectivity index (χ1v) is 26.1. The molecule has 0 unspecified atom stereocenters. The lowest BCUT2D eigenvalue weighted by atomic mass is 9.36. The van der Waals surface area contributed by atoms with Crippen molar-refractivity contribution in [2.45, 2.75) is 126 Å². The number of rotatable bonds is 4. The molecule has 0 bridgehead atoms. The highest BCUT2D eigenvalue weighted by Gasteiger charge is 2.47. The van der Waals surface area contributed by atoms with Crippen molar-refractivity contribution in [1.29, 1.82) is 0 Å². The largest absolute Gasteiger partial charge is 0.456 e. The molecule has 7 aromatic carbocycles. The first kappa shape index (κ1) is 46.1. The quantitative estimate of drug-likeness (QED) is 0.164. The van der Waals surface area contributed by atoms with Crippen LogP contribution in [0.25, 0.3) is 43.5 Å². The zero-order chi connectivity index (χ0) is 49.6. The van der Waals surface area contributed by atoms with Crippen LogP contribution in [0, 0.1) is 20.8 Å². The highest BCUT2D eigenvalue weighted by atomic mass is 32.1. The van der Waals surface area contributed by atoms with Gasteiger partial charge in [0.1, 0.15) is 11.3 Å². The van der Waals surface area contributed by atoms with Gasteiger partial charge in [0.25, 0.3) is 6.71 Å². The molecule has 2 aliphatic heterocycles. The Kier molecular flexibility index (Phi) is 10.4. The number of furan rings is 1. The Hall–Kier alpha value is -6.30. The van der Waals surface area contributed by atoms with Crippen molar-refractivity contribution >= 4 is 88.9 Å². The summed E-state index contributed by atoms with van der Waals surface area (Å²) in [7, 11) is 0. The summed E-state index contributed by atoms with van der Waals surface area (Å²) in [5, 5.41) is 2.43. The van der Waals surface area contributed by atoms with Crippen LogP contribution in [0.3, 0.4) is 0 Å². The molecular weight excluding hydrogens is 868 g/mol. The van der Waals surface area contributed by atoms with Crippen molar-refractivity contribution in [2.24, 2.45) is 0 Å². The second-order valence-electron chi connectivity index (χ2n) is 24.5. The predicted molar refractivity (Wildman–Crippen MR) is 306 cm³/mol. The molecule has 0 amide bonds. The average molecular weight is 935 g/mol. The molecule has 70 heavy (non-hydrogen) atoms. The number of hydrogen-bond acceptors (Lipinski definition) is 4. The van der Waals surface area contributed by atoms with Gasteiger partial charge in [-0.15, -0.1) is 11.3 Å². The Labute approximate surface area is 421 Å². The molecule has 0 radical (unpaired) electrons. The van der Waals surface area contributed by atoms with Crippen molar-refractivity contribution in [2.75, 3.05) is 9.80 Å². The van der Waals surface area contributed by atoms with E-state index in [2.05, 4.69) is 247 Å². The van der Waals surface area contributed by atoms with Crippen LogP contribution in [-0.2, 0) is 21.7 Å². The first-order chi connectivity index (χ1) is 33.0. The molecule has 0 spiro atoms. The number of para-hydroxylation sites is 1. The van der Waals surface area contributed by atoms with Crippen LogP contribution < -0.4 is 25.5 Å². The molecule has 2 aliphatic rings. The van der Waals surface area contributed by atoms with Gasteiger partial charge in [0, 0.05) is 48.4 Å². The minimum atomic E-state index is -0.159. The van der Waals surface area contributed by atoms with Crippen LogP contribution in [-0.4, -0.2) is 6.71 Å². The topological polar surface area (TPSA) is 19.6 Å². The number of benzene rings is 7. The van der Waals surface area contributed by atoms with E-state index in [-0.39, 0.29) is 28.4 Å². The Bertz CT molecular complexity index is 3520. The van der Waals surface area contributed by atoms with Gasteiger partial charge in [0.15, 0.2) is 0 Å². The fourth-order valence-electron chi connectivity index (χ4n) is 11.2. The summed E-state index contributed by atoms with van der Waals surface area (Å²) in [5.41, 5.74) is 23.5. The molecule has 4 heterocycles. The lowest BCUT2D eigenvalue weighted by molar-refractivity contribution is 0.589. The summed E-state index contributed by atoms with van der Waals surface area (Å²) >= 11 is 1.98. The Morgan fingerprint density at radius 1 is 0.457 bits per heavy atom. The van der Waals surface area contributed by atoms with Crippen LogP contribution in [0.2, 0.25) is 0 Å². The number of fused-ring (bicyclic) bond motifs is 7. The number of nitrogens with zero attached hydrogens (tertiary/aromatic N) is 2. The zero-order valence-electron chi connectivity index (χ0n) is 44.0. The molecule has 9 aromatic rings. The van der Waals surface area contributed by atoms with Gasteiger partial charge in [-0.3, -0.25) is 0 Å². The minimum absolute atomic E-state index is 0.00677. The maximum absolute atomic E-state index is 6.70. The number of anilines is 6. The Balaban J connectivity index is 1.32. The summed E-state index contributed by atoms with van der Waals surface area (Å²) in [5.74, 6) is 0.884. The van der Waals surface area contributed by atoms with Crippen molar-refractivity contribution in [3.05, 3.63) is 172 Å². The maximum Gasteiger partial charge on any atom is 0.264 e. The van der Waals surface area contributed by atoms with E-state index in [9.17, 15) is 0 Å². The van der Waals surface area contributed by atoms with E-state index >= 15 is 0 Å². The molecule has 11 rings (SSSR count). The van der Waals surface area contributed by atoms with E-state index in [1.54, 1.807) is 0 Å². The molecule has 352 valence electrons. The van der Waals surface area contributed by atoms with Crippen molar-refractivity contribution in [3.8, 4) is 22.5 Å². The van der Waals surface area contributed by atoms with Crippen LogP contribution in [0.15, 0.2) is 138 Å². The van der Waals surface area contributed by atoms with Gasteiger partial charge >= 0.3 is 0 Å². The van der Waals surface area contributed by atoms with E-state index < -0.39 is 0 Å². The van der Waals surface area contributed by atoms with Crippen molar-refractivity contribution < 1.29 is 4.42 Å². The number of hydrogen-bond donors (Lipinski definition) is 0. The molecule has 0 aliphatic carbocycles. The first-order valence-electron chi connectivity index (χ1n) is 25.3. The third kappa shape index (κ3) is 7.45. The van der Waals surface area contributed by atoms with Gasteiger partial charge in [0.05, 0.1) is 17.1 Å². The van der Waals surface area contributed by atoms with Crippen molar-refractivity contribution in [1.82, 2.24) is 0 Å². The van der Waals surface area contributed by atoms with E-state index in [0.29, 0.717) is 0 Å². The standard InChI is InChI=1S/C65H67BN2OS/c1-38-29-45(63(7,8)9)30-39(2)58(38)68-53-37-47(65(13,14)15)36-52-57(53)66(61-60(68)49-34-44(62(4,5)6)26-28-56(49)70-61)50-32-43(55-33-42-23-19-20-24-54(42)69-55)25-27-51(50)67(52)59-40(3)31-46(64(10,11)12)35-48(59)41-21-17-16-18-22-41/h16-37H,1-15H3. The van der Waals surface area contributed by atoms with E-state index in [0.717, 1.165) is 22.3 Å². The van der Waals surface area contributed by atoms with Gasteiger partial charge < -0.3 is 14.2 Å². The molecule has 0 atom stereocenters. The fraction of sp³-hybridized carbons (Fsp3) is 0.292. The molecule has 0 fully saturated rings. The van der Waals surface area contributed by atoms with Crippen LogP contribution in [0.5, 0.6) is 0 Å². The third-order valence-electron chi connectivity index (χ3n) is 15.2. The van der Waals surface area contributed by atoms with E-state index in [1.807, 2.05) is 11.3 Å². The third-order valence-corrected chi connectivity index (χ3v) is 16.4. The zero-order valence-corrected chi connectivity index (χ0v) is 44.8. The fourth-order valence-corrected chi connectivity index (χ4v) is 12.5. The second kappa shape index (κ2) is 15.9. The predicted octanol–water partition coefficient (Wildman–Crippen LogP) is 17.2. The highest BCUT2D eigenvalue weighted by molar-refractivity contribution is 7.33. The van der Waals surface area contributed by atoms with Gasteiger partial charge in [-0.1, -0.05) is 162 Å². The highest BCUT2D eigenvalue weighted by Crippen LogP contribution is 2.53. The molecular formula is C65H67BN2OS. The average Bonchev–Trinajstić information content (AvgIpc) is 3.90. The summed E-state index contributed by atoms with van der Waals surface area (Å²) < 4.78 is 9.39. The monoisotopic (exact) mass is 935 g/mol. The normalized spacial score (nSPS) is 13.8. The van der Waals surface area contributed by atoms with Crippen LogP contribution >= 0.6 is 11.3 Å². The number of thiophene rings is 1. The summed E-state index contributed by atoms with van der Waals surface area (Å²) in [4.78, 5) is 5.37. The van der Waals surface area contributed by atoms with E-state index in [1.165, 1.54) is 110 Å². The molecule has 2 aromatic heterocycles. The van der Waals surface area contributed by atoms with Gasteiger partial charge in [-0.05, 0) is 152 Å². The minimum Gasteiger partial charge on any atom is -0.456 e. The van der Waals surface area contributed by atoms with Gasteiger partial charge in [-0.2, -0.15) is 0 Å². The SMILES string of the molecule is Cc1cc(C(C)(C)C)cc(C)c1N1c2cc(C(C)(C)C)cc3c2B(c2cc(-c4cc5ccccc5o4)ccc2N3c2c(C)cc(C(C)(C)C)cc2-c2ccccc2)c2sc3ccc(C(C)(C)C)cc3c21. The van der Waals surface area contributed by atoms with Crippen LogP contribution in [0.1, 0.15) is 122 Å². The Morgan fingerprint density at radius 3 is 1.66 bits per heavy atom. The van der Waals surface area contributed by atoms with Gasteiger partial charge in [-0.25, -0.2) is 0 Å². The smallest absolute Gasteiger partial charge is 0.264 e. The van der Waals surface area contributed by atoms with Crippen LogP contribution in [0.4, 0.5) is 34.1 Å². The maximum atomic E-state index is 6.70. The molecule has 0 saturated heterocycles. The molecule has 0 saturated carbocycles. The second-order valence-corrected chi connectivity index (χ2v) is 25.6. The molecule has 5 heteroatoms. The van der Waals surface area contributed by atoms with E-state index in [4.69, 9.17) is 4.42 Å². The lowest BCUT2D eigenvalue weighted by Crippen LogP contribution is -2.60. The Morgan fingerprint density at radius 2 is 1.03 bits per heavy atom. The lowest BCUT2D eigenvalue weighted by Gasteiger charge is -2.45. The molecule has 0 N–H and O–H groups in total. The van der Waals surface area contributed by atoms with Gasteiger partial charge in [0.2, 0.25) is 0 Å². The summed E-state index contributed by atoms with van der Waals surface area (Å²) in [6, 6.07) is 51.0. The summed E-state index contributed by atoms with van der Waals surface area (Å²) in [6.45, 7) is 35.1.